The Morgan fingerprint density at radius 2 is 1.41 bits per heavy atom. The molecule has 1 N–H and O–H groups in total. The molecule has 3 rings (SSSR count). The highest BCUT2D eigenvalue weighted by molar-refractivity contribution is 5.64. The maximum Gasteiger partial charge on any atom is 0.0991 e. The molecule has 2 aromatic rings. The lowest BCUT2D eigenvalue weighted by atomic mass is 9.79. The summed E-state index contributed by atoms with van der Waals surface area (Å²) in [6.07, 6.45) is 4.64. The molecule has 1 aliphatic rings. The molecule has 0 aromatic heterocycles. The first kappa shape index (κ1) is 14.8. The van der Waals surface area contributed by atoms with Crippen LogP contribution in [0.15, 0.2) is 48.5 Å². The lowest BCUT2D eigenvalue weighted by Crippen LogP contribution is -2.15. The molecular weight excluding hydrogens is 270 g/mol. The van der Waals surface area contributed by atoms with Crippen molar-refractivity contribution in [1.82, 2.24) is 0 Å². The largest absolute Gasteiger partial charge is 0.396 e. The van der Waals surface area contributed by atoms with Crippen molar-refractivity contribution in [2.24, 2.45) is 5.92 Å². The van der Waals surface area contributed by atoms with Crippen molar-refractivity contribution in [2.45, 2.75) is 31.6 Å². The molecule has 0 atom stereocenters. The number of aliphatic hydroxyl groups excluding tert-OH is 1. The molecule has 0 saturated heterocycles. The van der Waals surface area contributed by atoms with Gasteiger partial charge in [0.25, 0.3) is 0 Å². The van der Waals surface area contributed by atoms with Crippen LogP contribution in [0.4, 0.5) is 0 Å². The van der Waals surface area contributed by atoms with Crippen molar-refractivity contribution >= 4 is 0 Å². The second kappa shape index (κ2) is 6.77. The fraction of sp³-hybridized carbons (Fsp3) is 0.350. The van der Waals surface area contributed by atoms with E-state index >= 15 is 0 Å². The number of nitrogens with zero attached hydrogens (tertiary/aromatic N) is 1. The second-order valence-corrected chi connectivity index (χ2v) is 6.21. The van der Waals surface area contributed by atoms with Crippen molar-refractivity contribution in [3.8, 4) is 17.2 Å². The number of hydrogen-bond acceptors (Lipinski definition) is 2. The molecule has 2 heteroatoms. The molecule has 112 valence electrons. The SMILES string of the molecule is N#Cc1ccc(-c2ccc(C3CCC(CO)CC3)cc2)cc1. The number of hydrogen-bond donors (Lipinski definition) is 1. The van der Waals surface area contributed by atoms with Crippen LogP contribution in [-0.4, -0.2) is 11.7 Å². The third-order valence-corrected chi connectivity index (χ3v) is 4.83. The fourth-order valence-electron chi connectivity index (χ4n) is 3.36. The van der Waals surface area contributed by atoms with Gasteiger partial charge in [0.1, 0.15) is 0 Å². The summed E-state index contributed by atoms with van der Waals surface area (Å²) in [5, 5.41) is 18.1. The van der Waals surface area contributed by atoms with E-state index in [1.165, 1.54) is 24.0 Å². The highest BCUT2D eigenvalue weighted by Crippen LogP contribution is 2.36. The van der Waals surface area contributed by atoms with Crippen LogP contribution in [0.3, 0.4) is 0 Å². The Balaban J connectivity index is 1.71. The lowest BCUT2D eigenvalue weighted by Gasteiger charge is -2.27. The van der Waals surface area contributed by atoms with Crippen molar-refractivity contribution in [2.75, 3.05) is 6.61 Å². The van der Waals surface area contributed by atoms with E-state index in [1.807, 2.05) is 24.3 Å². The molecule has 2 nitrogen and oxygen atoms in total. The average Bonchev–Trinajstić information content (AvgIpc) is 2.62. The first-order valence-electron chi connectivity index (χ1n) is 8.01. The minimum absolute atomic E-state index is 0.338. The first-order chi connectivity index (χ1) is 10.8. The van der Waals surface area contributed by atoms with E-state index in [-0.39, 0.29) is 0 Å². The zero-order valence-corrected chi connectivity index (χ0v) is 12.7. The Morgan fingerprint density at radius 3 is 1.91 bits per heavy atom. The smallest absolute Gasteiger partial charge is 0.0991 e. The van der Waals surface area contributed by atoms with Crippen LogP contribution in [0.25, 0.3) is 11.1 Å². The van der Waals surface area contributed by atoms with Crippen LogP contribution >= 0.6 is 0 Å². The van der Waals surface area contributed by atoms with Crippen molar-refractivity contribution in [1.29, 1.82) is 5.26 Å². The number of rotatable bonds is 3. The quantitative estimate of drug-likeness (QED) is 0.905. The topological polar surface area (TPSA) is 44.0 Å². The van der Waals surface area contributed by atoms with Gasteiger partial charge in [0.15, 0.2) is 0 Å². The number of benzene rings is 2. The van der Waals surface area contributed by atoms with Gasteiger partial charge in [-0.1, -0.05) is 36.4 Å². The Morgan fingerprint density at radius 1 is 0.864 bits per heavy atom. The highest BCUT2D eigenvalue weighted by atomic mass is 16.3. The zero-order chi connectivity index (χ0) is 15.4. The molecule has 1 saturated carbocycles. The maximum absolute atomic E-state index is 9.23. The van der Waals surface area contributed by atoms with Gasteiger partial charge in [-0.15, -0.1) is 0 Å². The van der Waals surface area contributed by atoms with Crippen LogP contribution in [0, 0.1) is 17.2 Å². The molecule has 2 aromatic carbocycles. The molecule has 0 radical (unpaired) electrons. The minimum atomic E-state index is 0.338. The maximum atomic E-state index is 9.23. The van der Waals surface area contributed by atoms with Crippen molar-refractivity contribution in [3.05, 3.63) is 59.7 Å². The standard InChI is InChI=1S/C20H21NO/c21-13-15-1-5-17(6-2-15)19-9-11-20(12-10-19)18-7-3-16(14-22)4-8-18/h1-2,5-6,9-12,16,18,22H,3-4,7-8,14H2. The Labute approximate surface area is 132 Å². The van der Waals surface area contributed by atoms with Gasteiger partial charge in [0.05, 0.1) is 11.6 Å². The van der Waals surface area contributed by atoms with Crippen LogP contribution in [0.2, 0.25) is 0 Å². The van der Waals surface area contributed by atoms with Gasteiger partial charge < -0.3 is 5.11 Å². The van der Waals surface area contributed by atoms with Gasteiger partial charge in [-0.3, -0.25) is 0 Å². The molecular formula is C20H21NO. The van der Waals surface area contributed by atoms with Crippen molar-refractivity contribution < 1.29 is 5.11 Å². The van der Waals surface area contributed by atoms with Gasteiger partial charge in [0, 0.05) is 6.61 Å². The van der Waals surface area contributed by atoms with E-state index in [2.05, 4.69) is 30.3 Å². The summed E-state index contributed by atoms with van der Waals surface area (Å²) in [5.41, 5.74) is 4.45. The Kier molecular flexibility index (Phi) is 4.56. The molecule has 0 spiro atoms. The fourth-order valence-corrected chi connectivity index (χ4v) is 3.36. The monoisotopic (exact) mass is 291 g/mol. The minimum Gasteiger partial charge on any atom is -0.396 e. The normalized spacial score (nSPS) is 21.3. The average molecular weight is 291 g/mol. The van der Waals surface area contributed by atoms with Gasteiger partial charge >= 0.3 is 0 Å². The van der Waals surface area contributed by atoms with E-state index < -0.39 is 0 Å². The van der Waals surface area contributed by atoms with E-state index in [9.17, 15) is 5.11 Å². The predicted molar refractivity (Wildman–Crippen MR) is 88.4 cm³/mol. The highest BCUT2D eigenvalue weighted by Gasteiger charge is 2.21. The molecule has 1 fully saturated rings. The van der Waals surface area contributed by atoms with Crippen LogP contribution in [0.1, 0.15) is 42.7 Å². The van der Waals surface area contributed by atoms with E-state index in [4.69, 9.17) is 5.26 Å². The van der Waals surface area contributed by atoms with Gasteiger partial charge in [-0.05, 0) is 66.3 Å². The molecule has 0 amide bonds. The third-order valence-electron chi connectivity index (χ3n) is 4.83. The molecule has 22 heavy (non-hydrogen) atoms. The van der Waals surface area contributed by atoms with Crippen LogP contribution in [0.5, 0.6) is 0 Å². The zero-order valence-electron chi connectivity index (χ0n) is 12.7. The van der Waals surface area contributed by atoms with Gasteiger partial charge in [-0.2, -0.15) is 5.26 Å². The Bertz CT molecular complexity index is 644. The molecule has 0 heterocycles. The summed E-state index contributed by atoms with van der Waals surface area (Å²) in [4.78, 5) is 0. The summed E-state index contributed by atoms with van der Waals surface area (Å²) < 4.78 is 0. The second-order valence-electron chi connectivity index (χ2n) is 6.21. The first-order valence-corrected chi connectivity index (χ1v) is 8.01. The van der Waals surface area contributed by atoms with Crippen LogP contribution in [-0.2, 0) is 0 Å². The van der Waals surface area contributed by atoms with Crippen LogP contribution < -0.4 is 0 Å². The van der Waals surface area contributed by atoms with Gasteiger partial charge in [-0.25, -0.2) is 0 Å². The molecule has 0 unspecified atom stereocenters. The molecule has 1 aliphatic carbocycles. The summed E-state index contributed by atoms with van der Waals surface area (Å²) in [6, 6.07) is 18.7. The third kappa shape index (κ3) is 3.21. The Hall–Kier alpha value is -2.11. The molecule has 0 aliphatic heterocycles. The summed E-state index contributed by atoms with van der Waals surface area (Å²) >= 11 is 0. The summed E-state index contributed by atoms with van der Waals surface area (Å²) in [7, 11) is 0. The van der Waals surface area contributed by atoms with E-state index in [0.29, 0.717) is 24.0 Å². The number of aliphatic hydroxyl groups is 1. The summed E-state index contributed by atoms with van der Waals surface area (Å²) in [6.45, 7) is 0.338. The van der Waals surface area contributed by atoms with E-state index in [0.717, 1.165) is 18.4 Å². The lowest BCUT2D eigenvalue weighted by molar-refractivity contribution is 0.182. The van der Waals surface area contributed by atoms with E-state index in [1.54, 1.807) is 0 Å². The van der Waals surface area contributed by atoms with Gasteiger partial charge in [0.2, 0.25) is 0 Å². The summed E-state index contributed by atoms with van der Waals surface area (Å²) in [5.74, 6) is 1.15. The van der Waals surface area contributed by atoms with Crippen molar-refractivity contribution in [3.63, 3.8) is 0 Å². The predicted octanol–water partition coefficient (Wildman–Crippen LogP) is 4.49. The molecule has 0 bridgehead atoms. The number of nitriles is 1.